The molecular formula is C17H21N5O3S. The first-order valence-corrected chi connectivity index (χ1v) is 10.2. The van der Waals surface area contributed by atoms with Crippen molar-refractivity contribution in [1.82, 2.24) is 24.4 Å². The van der Waals surface area contributed by atoms with E-state index in [1.54, 1.807) is 33.9 Å². The molecule has 0 unspecified atom stereocenters. The molecule has 0 bridgehead atoms. The number of carbonyl (C=O) groups is 1. The Morgan fingerprint density at radius 3 is 2.81 bits per heavy atom. The predicted molar refractivity (Wildman–Crippen MR) is 94.6 cm³/mol. The zero-order valence-corrected chi connectivity index (χ0v) is 15.1. The van der Waals surface area contributed by atoms with E-state index >= 15 is 0 Å². The standard InChI is InChI=1S/C17H21N5O3S/c23-17(15-3-7-19-20-15)21-8-4-14-12-22(11-13-2-1-6-18-10-13)26(24,25)16(14)5-9-21/h1-3,6-7,10,14,16H,4-5,8-9,11-12H2,(H,19,20)/t14-,16-/m1/s1. The lowest BCUT2D eigenvalue weighted by Crippen LogP contribution is -2.34. The van der Waals surface area contributed by atoms with Crippen molar-refractivity contribution >= 4 is 15.9 Å². The molecule has 0 saturated carbocycles. The molecule has 2 aliphatic rings. The lowest BCUT2D eigenvalue weighted by molar-refractivity contribution is 0.0753. The topological polar surface area (TPSA) is 99.3 Å². The number of hydrogen-bond donors (Lipinski definition) is 1. The number of aromatic amines is 1. The van der Waals surface area contributed by atoms with Gasteiger partial charge in [0.15, 0.2) is 0 Å². The van der Waals surface area contributed by atoms with Crippen molar-refractivity contribution in [1.29, 1.82) is 0 Å². The number of hydrogen-bond acceptors (Lipinski definition) is 5. The second-order valence-corrected chi connectivity index (χ2v) is 8.99. The number of H-pyrrole nitrogens is 1. The van der Waals surface area contributed by atoms with Gasteiger partial charge in [-0.05, 0) is 36.5 Å². The fourth-order valence-corrected chi connectivity index (χ4v) is 6.12. The third kappa shape index (κ3) is 3.12. The fraction of sp³-hybridized carbons (Fsp3) is 0.471. The van der Waals surface area contributed by atoms with Gasteiger partial charge < -0.3 is 4.90 Å². The van der Waals surface area contributed by atoms with E-state index < -0.39 is 15.3 Å². The van der Waals surface area contributed by atoms with E-state index in [0.29, 0.717) is 44.7 Å². The van der Waals surface area contributed by atoms with Gasteiger partial charge in [0, 0.05) is 44.8 Å². The maximum atomic E-state index is 13.0. The molecule has 1 N–H and O–H groups in total. The Morgan fingerprint density at radius 1 is 1.23 bits per heavy atom. The second kappa shape index (κ2) is 6.81. The minimum Gasteiger partial charge on any atom is -0.337 e. The third-order valence-electron chi connectivity index (χ3n) is 5.26. The van der Waals surface area contributed by atoms with Gasteiger partial charge in [-0.2, -0.15) is 9.40 Å². The van der Waals surface area contributed by atoms with Gasteiger partial charge in [-0.1, -0.05) is 6.07 Å². The van der Waals surface area contributed by atoms with Gasteiger partial charge in [-0.15, -0.1) is 0 Å². The zero-order chi connectivity index (χ0) is 18.1. The molecule has 1 amide bonds. The fourth-order valence-electron chi connectivity index (χ4n) is 3.89. The number of rotatable bonds is 3. The number of nitrogens with zero attached hydrogens (tertiary/aromatic N) is 4. The number of amides is 1. The zero-order valence-electron chi connectivity index (χ0n) is 14.3. The van der Waals surface area contributed by atoms with Gasteiger partial charge in [0.2, 0.25) is 10.0 Å². The monoisotopic (exact) mass is 375 g/mol. The molecule has 0 aliphatic carbocycles. The van der Waals surface area contributed by atoms with Crippen LogP contribution in [0, 0.1) is 5.92 Å². The summed E-state index contributed by atoms with van der Waals surface area (Å²) in [5.74, 6) is -0.0664. The van der Waals surface area contributed by atoms with E-state index in [2.05, 4.69) is 15.2 Å². The first-order valence-electron chi connectivity index (χ1n) is 8.72. The maximum Gasteiger partial charge on any atom is 0.271 e. The van der Waals surface area contributed by atoms with E-state index in [0.717, 1.165) is 5.56 Å². The Bertz CT molecular complexity index is 869. The van der Waals surface area contributed by atoms with Crippen LogP contribution in [0.2, 0.25) is 0 Å². The van der Waals surface area contributed by atoms with Crippen molar-refractivity contribution in [3.05, 3.63) is 48.0 Å². The summed E-state index contributed by atoms with van der Waals surface area (Å²) in [4.78, 5) is 18.3. The highest BCUT2D eigenvalue weighted by molar-refractivity contribution is 7.90. The highest BCUT2D eigenvalue weighted by Crippen LogP contribution is 2.35. The van der Waals surface area contributed by atoms with Crippen molar-refractivity contribution in [2.24, 2.45) is 5.92 Å². The van der Waals surface area contributed by atoms with E-state index in [-0.39, 0.29) is 11.8 Å². The Morgan fingerprint density at radius 2 is 2.08 bits per heavy atom. The summed E-state index contributed by atoms with van der Waals surface area (Å²) in [6.45, 7) is 1.88. The Hall–Kier alpha value is -2.26. The Labute approximate surface area is 152 Å². The number of pyridine rings is 1. The molecule has 9 heteroatoms. The van der Waals surface area contributed by atoms with Crippen molar-refractivity contribution in [3.63, 3.8) is 0 Å². The molecule has 0 radical (unpaired) electrons. The molecule has 8 nitrogen and oxygen atoms in total. The molecule has 4 heterocycles. The number of nitrogens with one attached hydrogen (secondary N) is 1. The average Bonchev–Trinajstić information content (AvgIpc) is 3.18. The van der Waals surface area contributed by atoms with Crippen LogP contribution in [-0.4, -0.2) is 63.6 Å². The van der Waals surface area contributed by atoms with E-state index in [1.165, 1.54) is 0 Å². The smallest absolute Gasteiger partial charge is 0.271 e. The molecule has 138 valence electrons. The van der Waals surface area contributed by atoms with E-state index in [9.17, 15) is 13.2 Å². The largest absolute Gasteiger partial charge is 0.337 e. The van der Waals surface area contributed by atoms with Crippen molar-refractivity contribution in [3.8, 4) is 0 Å². The first-order chi connectivity index (χ1) is 12.6. The van der Waals surface area contributed by atoms with Crippen LogP contribution in [0.25, 0.3) is 0 Å². The van der Waals surface area contributed by atoms with Crippen molar-refractivity contribution in [2.45, 2.75) is 24.6 Å². The molecule has 2 fully saturated rings. The quantitative estimate of drug-likeness (QED) is 0.858. The summed E-state index contributed by atoms with van der Waals surface area (Å²) in [5, 5.41) is 6.08. The van der Waals surface area contributed by atoms with E-state index in [4.69, 9.17) is 0 Å². The average molecular weight is 375 g/mol. The summed E-state index contributed by atoms with van der Waals surface area (Å²) in [6, 6.07) is 5.34. The minimum absolute atomic E-state index is 0.0521. The van der Waals surface area contributed by atoms with Gasteiger partial charge in [0.25, 0.3) is 5.91 Å². The van der Waals surface area contributed by atoms with Crippen LogP contribution >= 0.6 is 0 Å². The number of likely N-dealkylation sites (tertiary alicyclic amines) is 1. The normalized spacial score (nSPS) is 25.6. The van der Waals surface area contributed by atoms with Gasteiger partial charge >= 0.3 is 0 Å². The van der Waals surface area contributed by atoms with Gasteiger partial charge in [0.1, 0.15) is 5.69 Å². The van der Waals surface area contributed by atoms with Crippen LogP contribution < -0.4 is 0 Å². The maximum absolute atomic E-state index is 13.0. The molecule has 2 aromatic heterocycles. The number of aromatic nitrogens is 3. The molecule has 26 heavy (non-hydrogen) atoms. The SMILES string of the molecule is O=C(c1ccn[nH]1)N1CC[C@@H]2CN(Cc3cccnc3)S(=O)(=O)[C@@H]2CC1. The second-order valence-electron chi connectivity index (χ2n) is 6.84. The third-order valence-corrected chi connectivity index (χ3v) is 7.64. The van der Waals surface area contributed by atoms with Gasteiger partial charge in [-0.25, -0.2) is 8.42 Å². The predicted octanol–water partition coefficient (Wildman–Crippen LogP) is 0.871. The lowest BCUT2D eigenvalue weighted by Gasteiger charge is -2.21. The molecule has 0 spiro atoms. The van der Waals surface area contributed by atoms with Gasteiger partial charge in [0.05, 0.1) is 5.25 Å². The molecule has 2 atom stereocenters. The molecule has 4 rings (SSSR count). The highest BCUT2D eigenvalue weighted by Gasteiger charge is 2.47. The molecular weight excluding hydrogens is 354 g/mol. The summed E-state index contributed by atoms with van der Waals surface area (Å²) in [6.07, 6.45) is 6.08. The van der Waals surface area contributed by atoms with Crippen LogP contribution in [-0.2, 0) is 16.6 Å². The van der Waals surface area contributed by atoms with Crippen LogP contribution in [0.5, 0.6) is 0 Å². The Balaban J connectivity index is 1.47. The Kier molecular flexibility index (Phi) is 4.49. The summed E-state index contributed by atoms with van der Waals surface area (Å²) in [5.41, 5.74) is 1.33. The summed E-state index contributed by atoms with van der Waals surface area (Å²) in [7, 11) is -3.36. The minimum atomic E-state index is -3.36. The van der Waals surface area contributed by atoms with Crippen LogP contribution in [0.15, 0.2) is 36.8 Å². The summed E-state index contributed by atoms with van der Waals surface area (Å²) < 4.78 is 27.5. The number of sulfonamides is 1. The number of fused-ring (bicyclic) bond motifs is 1. The van der Waals surface area contributed by atoms with Crippen LogP contribution in [0.1, 0.15) is 28.9 Å². The van der Waals surface area contributed by atoms with Crippen molar-refractivity contribution < 1.29 is 13.2 Å². The van der Waals surface area contributed by atoms with Gasteiger partial charge in [-0.3, -0.25) is 14.9 Å². The molecule has 2 aromatic rings. The first kappa shape index (κ1) is 17.2. The molecule has 2 aliphatic heterocycles. The highest BCUT2D eigenvalue weighted by atomic mass is 32.2. The molecule has 2 saturated heterocycles. The van der Waals surface area contributed by atoms with Crippen LogP contribution in [0.3, 0.4) is 0 Å². The lowest BCUT2D eigenvalue weighted by atomic mass is 10.0. The number of carbonyl (C=O) groups excluding carboxylic acids is 1. The van der Waals surface area contributed by atoms with E-state index in [1.807, 2.05) is 12.1 Å². The van der Waals surface area contributed by atoms with Crippen molar-refractivity contribution in [2.75, 3.05) is 19.6 Å². The summed E-state index contributed by atoms with van der Waals surface area (Å²) >= 11 is 0. The van der Waals surface area contributed by atoms with Crippen LogP contribution in [0.4, 0.5) is 0 Å². The molecule has 0 aromatic carbocycles.